The van der Waals surface area contributed by atoms with Gasteiger partial charge in [-0.1, -0.05) is 296 Å². The molecule has 0 amide bonds. The monoisotopic (exact) mass is 735 g/mol. The standard InChI is InChI=1S/C50H102O2/c1-3-5-7-9-11-13-15-17-19-21-23-25-26-27-28-30-32-34-36-38-40-42-44-46-48-49(50(51)52)47-45-43-41-39-37-35-33-31-29-24-22-20-18-16-14-12-10-8-6-4-2/h49-52H,3-48H2,1-2H3. The lowest BCUT2D eigenvalue weighted by atomic mass is 9.93. The maximum Gasteiger partial charge on any atom is 0.154 e. The zero-order valence-corrected chi connectivity index (χ0v) is 36.6. The van der Waals surface area contributed by atoms with Gasteiger partial charge >= 0.3 is 0 Å². The van der Waals surface area contributed by atoms with Gasteiger partial charge in [-0.2, -0.15) is 0 Å². The van der Waals surface area contributed by atoms with Crippen LogP contribution in [-0.2, 0) is 0 Å². The van der Waals surface area contributed by atoms with Crippen molar-refractivity contribution >= 4 is 0 Å². The number of aliphatic hydroxyl groups is 2. The minimum atomic E-state index is -1.12. The Morgan fingerprint density at radius 3 is 0.481 bits per heavy atom. The molecule has 0 aromatic heterocycles. The van der Waals surface area contributed by atoms with Crippen molar-refractivity contribution in [2.24, 2.45) is 5.92 Å². The summed E-state index contributed by atoms with van der Waals surface area (Å²) in [5, 5.41) is 19.8. The van der Waals surface area contributed by atoms with Crippen LogP contribution in [0.4, 0.5) is 0 Å². The maximum atomic E-state index is 9.91. The van der Waals surface area contributed by atoms with Crippen molar-refractivity contribution in [3.8, 4) is 0 Å². The molecule has 2 nitrogen and oxygen atoms in total. The van der Waals surface area contributed by atoms with E-state index in [2.05, 4.69) is 13.8 Å². The second kappa shape index (κ2) is 47.1. The Morgan fingerprint density at radius 1 is 0.212 bits per heavy atom. The van der Waals surface area contributed by atoms with E-state index in [0.29, 0.717) is 0 Å². The fourth-order valence-corrected chi connectivity index (χ4v) is 8.47. The van der Waals surface area contributed by atoms with E-state index >= 15 is 0 Å². The van der Waals surface area contributed by atoms with Crippen LogP contribution < -0.4 is 0 Å². The maximum absolute atomic E-state index is 9.91. The first-order valence-electron chi connectivity index (χ1n) is 25.1. The number of hydrogen-bond donors (Lipinski definition) is 2. The Hall–Kier alpha value is -0.0800. The lowest BCUT2D eigenvalue weighted by Crippen LogP contribution is -2.19. The van der Waals surface area contributed by atoms with Gasteiger partial charge in [0.2, 0.25) is 0 Å². The molecular formula is C50H102O2. The van der Waals surface area contributed by atoms with Crippen LogP contribution in [0.5, 0.6) is 0 Å². The van der Waals surface area contributed by atoms with Gasteiger partial charge in [-0.3, -0.25) is 0 Å². The summed E-state index contributed by atoms with van der Waals surface area (Å²) < 4.78 is 0. The smallest absolute Gasteiger partial charge is 0.154 e. The molecule has 0 aliphatic heterocycles. The Morgan fingerprint density at radius 2 is 0.346 bits per heavy atom. The topological polar surface area (TPSA) is 40.5 Å². The second-order valence-corrected chi connectivity index (χ2v) is 17.6. The van der Waals surface area contributed by atoms with Gasteiger partial charge in [0.15, 0.2) is 6.29 Å². The van der Waals surface area contributed by atoms with E-state index in [4.69, 9.17) is 0 Å². The van der Waals surface area contributed by atoms with E-state index in [-0.39, 0.29) is 5.92 Å². The molecular weight excluding hydrogens is 633 g/mol. The number of aliphatic hydroxyl groups excluding tert-OH is 1. The highest BCUT2D eigenvalue weighted by Gasteiger charge is 2.15. The second-order valence-electron chi connectivity index (χ2n) is 17.6. The van der Waals surface area contributed by atoms with Crippen LogP contribution in [0.15, 0.2) is 0 Å². The van der Waals surface area contributed by atoms with Crippen molar-refractivity contribution in [2.45, 2.75) is 315 Å². The molecule has 0 aromatic rings. The van der Waals surface area contributed by atoms with Gasteiger partial charge in [-0.15, -0.1) is 0 Å². The van der Waals surface area contributed by atoms with Crippen molar-refractivity contribution in [2.75, 3.05) is 0 Å². The Balaban J connectivity index is 3.32. The van der Waals surface area contributed by atoms with E-state index < -0.39 is 6.29 Å². The molecule has 1 unspecified atom stereocenters. The first kappa shape index (κ1) is 51.9. The number of unbranched alkanes of at least 4 members (excludes halogenated alkanes) is 42. The first-order chi connectivity index (χ1) is 25.7. The number of rotatable bonds is 47. The van der Waals surface area contributed by atoms with E-state index in [1.165, 1.54) is 283 Å². The third kappa shape index (κ3) is 44.3. The molecule has 314 valence electrons. The highest BCUT2D eigenvalue weighted by atomic mass is 16.5. The van der Waals surface area contributed by atoms with Crippen LogP contribution in [0.3, 0.4) is 0 Å². The van der Waals surface area contributed by atoms with Gasteiger partial charge in [0.25, 0.3) is 0 Å². The normalized spacial score (nSPS) is 12.4. The SMILES string of the molecule is CCCCCCCCCCCCCCCCCCCCCCCCCCC(CCCCCCCCCCCCCCCCCCCCCC)C(O)O. The molecule has 2 heteroatoms. The summed E-state index contributed by atoms with van der Waals surface area (Å²) >= 11 is 0. The molecule has 0 bridgehead atoms. The highest BCUT2D eigenvalue weighted by Crippen LogP contribution is 2.22. The average molecular weight is 735 g/mol. The highest BCUT2D eigenvalue weighted by molar-refractivity contribution is 4.63. The molecule has 0 spiro atoms. The molecule has 0 saturated carbocycles. The van der Waals surface area contributed by atoms with Crippen LogP contribution in [0.1, 0.15) is 309 Å². The van der Waals surface area contributed by atoms with Gasteiger partial charge < -0.3 is 10.2 Å². The quantitative estimate of drug-likeness (QED) is 0.0483. The Bertz CT molecular complexity index is 603. The average Bonchev–Trinajstić information content (AvgIpc) is 3.14. The van der Waals surface area contributed by atoms with Crippen LogP contribution in [0, 0.1) is 5.92 Å². The molecule has 0 heterocycles. The minimum Gasteiger partial charge on any atom is -0.368 e. The largest absolute Gasteiger partial charge is 0.368 e. The van der Waals surface area contributed by atoms with Crippen LogP contribution >= 0.6 is 0 Å². The van der Waals surface area contributed by atoms with Crippen LogP contribution in [0.2, 0.25) is 0 Å². The van der Waals surface area contributed by atoms with Crippen molar-refractivity contribution in [3.05, 3.63) is 0 Å². The lowest BCUT2D eigenvalue weighted by molar-refractivity contribution is -0.0890. The van der Waals surface area contributed by atoms with E-state index in [1.54, 1.807) is 0 Å². The summed E-state index contributed by atoms with van der Waals surface area (Å²) in [5.41, 5.74) is 0. The molecule has 0 radical (unpaired) electrons. The molecule has 0 aliphatic rings. The third-order valence-corrected chi connectivity index (χ3v) is 12.3. The summed E-state index contributed by atoms with van der Waals surface area (Å²) in [6.45, 7) is 4.60. The molecule has 0 rings (SSSR count). The first-order valence-corrected chi connectivity index (χ1v) is 25.1. The summed E-state index contributed by atoms with van der Waals surface area (Å²) in [6.07, 6.45) is 63.2. The van der Waals surface area contributed by atoms with E-state index in [9.17, 15) is 10.2 Å². The summed E-state index contributed by atoms with van der Waals surface area (Å²) in [7, 11) is 0. The fourth-order valence-electron chi connectivity index (χ4n) is 8.47. The number of hydrogen-bond acceptors (Lipinski definition) is 2. The lowest BCUT2D eigenvalue weighted by Gasteiger charge is -2.18. The van der Waals surface area contributed by atoms with Crippen molar-refractivity contribution in [1.29, 1.82) is 0 Å². The van der Waals surface area contributed by atoms with Crippen LogP contribution in [0.25, 0.3) is 0 Å². The van der Waals surface area contributed by atoms with Crippen molar-refractivity contribution in [1.82, 2.24) is 0 Å². The predicted octanol–water partition coefficient (Wildman–Crippen LogP) is 17.9. The summed E-state index contributed by atoms with van der Waals surface area (Å²) in [5.74, 6) is 0.0928. The molecule has 1 atom stereocenters. The van der Waals surface area contributed by atoms with Crippen molar-refractivity contribution in [3.63, 3.8) is 0 Å². The van der Waals surface area contributed by atoms with Crippen molar-refractivity contribution < 1.29 is 10.2 Å². The molecule has 52 heavy (non-hydrogen) atoms. The van der Waals surface area contributed by atoms with Gasteiger partial charge in [0, 0.05) is 5.92 Å². The zero-order chi connectivity index (χ0) is 37.7. The molecule has 0 aliphatic carbocycles. The van der Waals surface area contributed by atoms with E-state index in [1.807, 2.05) is 0 Å². The third-order valence-electron chi connectivity index (χ3n) is 12.3. The molecule has 0 fully saturated rings. The van der Waals surface area contributed by atoms with Gasteiger partial charge in [0.05, 0.1) is 0 Å². The predicted molar refractivity (Wildman–Crippen MR) is 235 cm³/mol. The summed E-state index contributed by atoms with van der Waals surface area (Å²) in [6, 6.07) is 0. The molecule has 0 aromatic carbocycles. The Kier molecular flexibility index (Phi) is 47.0. The molecule has 2 N–H and O–H groups in total. The van der Waals surface area contributed by atoms with Gasteiger partial charge in [-0.25, -0.2) is 0 Å². The fraction of sp³-hybridized carbons (Fsp3) is 1.00. The van der Waals surface area contributed by atoms with Gasteiger partial charge in [-0.05, 0) is 12.8 Å². The zero-order valence-electron chi connectivity index (χ0n) is 36.6. The van der Waals surface area contributed by atoms with Crippen LogP contribution in [-0.4, -0.2) is 16.5 Å². The van der Waals surface area contributed by atoms with E-state index in [0.717, 1.165) is 12.8 Å². The Labute approximate surface area is 330 Å². The summed E-state index contributed by atoms with van der Waals surface area (Å²) in [4.78, 5) is 0. The van der Waals surface area contributed by atoms with Gasteiger partial charge in [0.1, 0.15) is 0 Å². The molecule has 0 saturated heterocycles. The minimum absolute atomic E-state index is 0.0928.